The number of hydrogen-bond acceptors (Lipinski definition) is 2. The average molecular weight is 203 g/mol. The van der Waals surface area contributed by atoms with Gasteiger partial charge >= 0.3 is 0 Å². The fourth-order valence-electron chi connectivity index (χ4n) is 3.09. The van der Waals surface area contributed by atoms with Crippen LogP contribution in [0, 0.1) is 6.92 Å². The number of methoxy groups -OCH3 is 1. The summed E-state index contributed by atoms with van der Waals surface area (Å²) >= 11 is 0. The Hall–Kier alpha value is -1.18. The van der Waals surface area contributed by atoms with Crippen molar-refractivity contribution in [2.24, 2.45) is 0 Å². The number of nitrogens with one attached hydrogen (secondary N) is 1. The zero-order valence-corrected chi connectivity index (χ0v) is 9.39. The first kappa shape index (κ1) is 9.08. The molecule has 0 bridgehead atoms. The Bertz CT molecular complexity index is 407. The molecule has 1 heterocycles. The van der Waals surface area contributed by atoms with Crippen LogP contribution in [0.15, 0.2) is 12.1 Å². The highest BCUT2D eigenvalue weighted by Crippen LogP contribution is 2.53. The first-order valence-corrected chi connectivity index (χ1v) is 5.69. The molecule has 0 saturated heterocycles. The number of benzene rings is 1. The lowest BCUT2D eigenvalue weighted by molar-refractivity contribution is 0.271. The standard InChI is InChI=1S/C13H17NO/c1-9-4-5-10(15-2)12-11(9)13(8-14-12)6-3-7-13/h4-5,14H,3,6-8H2,1-2H3. The van der Waals surface area contributed by atoms with Gasteiger partial charge < -0.3 is 10.1 Å². The van der Waals surface area contributed by atoms with E-state index in [2.05, 4.69) is 24.4 Å². The van der Waals surface area contributed by atoms with E-state index in [-0.39, 0.29) is 0 Å². The molecular weight excluding hydrogens is 186 g/mol. The maximum atomic E-state index is 5.41. The van der Waals surface area contributed by atoms with Crippen molar-refractivity contribution in [2.45, 2.75) is 31.6 Å². The lowest BCUT2D eigenvalue weighted by Gasteiger charge is -2.39. The minimum Gasteiger partial charge on any atom is -0.495 e. The van der Waals surface area contributed by atoms with Crippen LogP contribution in [0.25, 0.3) is 0 Å². The minimum absolute atomic E-state index is 0.438. The van der Waals surface area contributed by atoms with Gasteiger partial charge in [-0.05, 0) is 37.0 Å². The summed E-state index contributed by atoms with van der Waals surface area (Å²) in [4.78, 5) is 0. The van der Waals surface area contributed by atoms with Crippen molar-refractivity contribution < 1.29 is 4.74 Å². The maximum absolute atomic E-state index is 5.41. The number of aryl methyl sites for hydroxylation is 1. The summed E-state index contributed by atoms with van der Waals surface area (Å²) in [6.45, 7) is 3.31. The van der Waals surface area contributed by atoms with Gasteiger partial charge in [-0.2, -0.15) is 0 Å². The molecule has 15 heavy (non-hydrogen) atoms. The smallest absolute Gasteiger partial charge is 0.142 e. The second kappa shape index (κ2) is 2.91. The second-order valence-corrected chi connectivity index (χ2v) is 4.82. The molecule has 2 heteroatoms. The topological polar surface area (TPSA) is 21.3 Å². The Balaban J connectivity index is 2.18. The van der Waals surface area contributed by atoms with Gasteiger partial charge in [-0.15, -0.1) is 0 Å². The monoisotopic (exact) mass is 203 g/mol. The summed E-state index contributed by atoms with van der Waals surface area (Å²) in [5.41, 5.74) is 4.62. The van der Waals surface area contributed by atoms with E-state index in [0.717, 1.165) is 12.3 Å². The maximum Gasteiger partial charge on any atom is 0.142 e. The zero-order valence-electron chi connectivity index (χ0n) is 9.39. The van der Waals surface area contributed by atoms with E-state index in [1.807, 2.05) is 0 Å². The van der Waals surface area contributed by atoms with Gasteiger partial charge in [-0.1, -0.05) is 12.5 Å². The lowest BCUT2D eigenvalue weighted by atomic mass is 9.65. The van der Waals surface area contributed by atoms with E-state index < -0.39 is 0 Å². The molecule has 0 amide bonds. The number of ether oxygens (including phenoxy) is 1. The summed E-state index contributed by atoms with van der Waals surface area (Å²) in [5, 5.41) is 3.53. The molecule has 1 N–H and O–H groups in total. The largest absolute Gasteiger partial charge is 0.495 e. The molecule has 1 aliphatic carbocycles. The van der Waals surface area contributed by atoms with Crippen LogP contribution >= 0.6 is 0 Å². The highest BCUT2D eigenvalue weighted by molar-refractivity contribution is 5.71. The average Bonchev–Trinajstić information content (AvgIpc) is 2.59. The quantitative estimate of drug-likeness (QED) is 0.757. The van der Waals surface area contributed by atoms with Crippen molar-refractivity contribution in [2.75, 3.05) is 19.0 Å². The number of hydrogen-bond donors (Lipinski definition) is 1. The molecule has 80 valence electrons. The van der Waals surface area contributed by atoms with Crippen LogP contribution in [0.1, 0.15) is 30.4 Å². The van der Waals surface area contributed by atoms with Crippen LogP contribution in [0.5, 0.6) is 5.75 Å². The fourth-order valence-corrected chi connectivity index (χ4v) is 3.09. The third-order valence-corrected chi connectivity index (χ3v) is 4.04. The van der Waals surface area contributed by atoms with Gasteiger partial charge in [0.25, 0.3) is 0 Å². The first-order chi connectivity index (χ1) is 7.27. The predicted molar refractivity (Wildman–Crippen MR) is 61.7 cm³/mol. The van der Waals surface area contributed by atoms with Crippen molar-refractivity contribution in [3.05, 3.63) is 23.3 Å². The van der Waals surface area contributed by atoms with E-state index in [4.69, 9.17) is 4.74 Å². The molecule has 1 aromatic rings. The van der Waals surface area contributed by atoms with E-state index in [1.54, 1.807) is 7.11 Å². The van der Waals surface area contributed by atoms with Gasteiger partial charge in [0.15, 0.2) is 0 Å². The van der Waals surface area contributed by atoms with Gasteiger partial charge in [0, 0.05) is 12.0 Å². The van der Waals surface area contributed by atoms with Crippen LogP contribution < -0.4 is 10.1 Å². The Kier molecular flexibility index (Phi) is 1.76. The van der Waals surface area contributed by atoms with Gasteiger partial charge in [-0.25, -0.2) is 0 Å². The summed E-state index contributed by atoms with van der Waals surface area (Å²) in [7, 11) is 1.75. The van der Waals surface area contributed by atoms with Crippen LogP contribution in [-0.4, -0.2) is 13.7 Å². The Morgan fingerprint density at radius 1 is 1.33 bits per heavy atom. The van der Waals surface area contributed by atoms with Gasteiger partial charge in [-0.3, -0.25) is 0 Å². The number of fused-ring (bicyclic) bond motifs is 2. The molecule has 3 rings (SSSR count). The van der Waals surface area contributed by atoms with E-state index in [1.165, 1.54) is 36.1 Å². The van der Waals surface area contributed by atoms with E-state index in [9.17, 15) is 0 Å². The van der Waals surface area contributed by atoms with Gasteiger partial charge in [0.05, 0.1) is 12.8 Å². The second-order valence-electron chi connectivity index (χ2n) is 4.82. The van der Waals surface area contributed by atoms with Crippen molar-refractivity contribution in [3.63, 3.8) is 0 Å². The molecule has 0 radical (unpaired) electrons. The molecule has 2 aliphatic rings. The van der Waals surface area contributed by atoms with Crippen LogP contribution in [0.4, 0.5) is 5.69 Å². The Morgan fingerprint density at radius 3 is 2.73 bits per heavy atom. The van der Waals surface area contributed by atoms with Crippen molar-refractivity contribution >= 4 is 5.69 Å². The summed E-state index contributed by atoms with van der Waals surface area (Å²) in [5.74, 6) is 0.999. The molecular formula is C13H17NO. The van der Waals surface area contributed by atoms with Crippen LogP contribution in [0.2, 0.25) is 0 Å². The highest BCUT2D eigenvalue weighted by Gasteiger charge is 2.45. The van der Waals surface area contributed by atoms with Crippen molar-refractivity contribution in [3.8, 4) is 5.75 Å². The van der Waals surface area contributed by atoms with Crippen molar-refractivity contribution in [1.82, 2.24) is 0 Å². The normalized spacial score (nSPS) is 20.7. The van der Waals surface area contributed by atoms with Crippen LogP contribution in [-0.2, 0) is 5.41 Å². The molecule has 1 fully saturated rings. The van der Waals surface area contributed by atoms with Crippen molar-refractivity contribution in [1.29, 1.82) is 0 Å². The SMILES string of the molecule is COc1ccc(C)c2c1NCC21CCC1. The molecule has 0 atom stereocenters. The lowest BCUT2D eigenvalue weighted by Crippen LogP contribution is -2.36. The molecule has 0 unspecified atom stereocenters. The van der Waals surface area contributed by atoms with Crippen LogP contribution in [0.3, 0.4) is 0 Å². The number of rotatable bonds is 1. The molecule has 1 aliphatic heterocycles. The molecule has 2 nitrogen and oxygen atoms in total. The Labute approximate surface area is 90.6 Å². The first-order valence-electron chi connectivity index (χ1n) is 5.69. The van der Waals surface area contributed by atoms with E-state index >= 15 is 0 Å². The van der Waals surface area contributed by atoms with Gasteiger partial charge in [0.2, 0.25) is 0 Å². The fraction of sp³-hybridized carbons (Fsp3) is 0.538. The number of anilines is 1. The van der Waals surface area contributed by atoms with E-state index in [0.29, 0.717) is 5.41 Å². The predicted octanol–water partition coefficient (Wildman–Crippen LogP) is 2.85. The molecule has 1 aromatic carbocycles. The molecule has 0 aromatic heterocycles. The summed E-state index contributed by atoms with van der Waals surface area (Å²) in [6.07, 6.45) is 4.04. The van der Waals surface area contributed by atoms with Gasteiger partial charge in [0.1, 0.15) is 5.75 Å². The summed E-state index contributed by atoms with van der Waals surface area (Å²) < 4.78 is 5.41. The molecule has 1 saturated carbocycles. The molecule has 1 spiro atoms. The zero-order chi connectivity index (χ0) is 10.5. The Morgan fingerprint density at radius 2 is 2.13 bits per heavy atom. The minimum atomic E-state index is 0.438. The third-order valence-electron chi connectivity index (χ3n) is 4.04. The summed E-state index contributed by atoms with van der Waals surface area (Å²) in [6, 6.07) is 4.25. The highest BCUT2D eigenvalue weighted by atomic mass is 16.5. The third kappa shape index (κ3) is 1.05.